The molecule has 1 aromatic rings. The van der Waals surface area contributed by atoms with Crippen LogP contribution in [0.3, 0.4) is 0 Å². The molecule has 2 unspecified atom stereocenters. The molecule has 1 aliphatic carbocycles. The molecule has 1 aliphatic heterocycles. The lowest BCUT2D eigenvalue weighted by Gasteiger charge is -2.36. The highest BCUT2D eigenvalue weighted by Gasteiger charge is 2.24. The lowest BCUT2D eigenvalue weighted by atomic mass is 9.84. The molecule has 1 aromatic heterocycles. The zero-order valence-corrected chi connectivity index (χ0v) is 16.9. The number of amides is 1. The average molecular weight is 375 g/mol. The van der Waals surface area contributed by atoms with Crippen LogP contribution in [-0.2, 0) is 9.53 Å². The summed E-state index contributed by atoms with van der Waals surface area (Å²) in [6, 6.07) is 4.33. The first-order chi connectivity index (χ1) is 12.9. The maximum atomic E-state index is 12.4. The molecule has 3 N–H and O–H groups in total. The number of aromatic nitrogens is 1. The summed E-state index contributed by atoms with van der Waals surface area (Å²) in [6.07, 6.45) is 6.41. The summed E-state index contributed by atoms with van der Waals surface area (Å²) < 4.78 is 5.79. The Bertz CT molecular complexity index is 633. The van der Waals surface area contributed by atoms with Crippen LogP contribution < -0.4 is 16.0 Å². The standard InChI is InChI=1S/C21H34N4O2/c1-14-12-25(13-15(2)27-14)20-10-9-19(16(3)23-20)24-21(26)11-6-17-4-7-18(22)8-5-17/h9-10,14-15,17-18H,4-8,11-13,22H2,1-3H3,(H,24,26)/t14?,15?,17-,18-. The maximum absolute atomic E-state index is 12.4. The number of carbonyl (C=O) groups is 1. The van der Waals surface area contributed by atoms with Crippen molar-refractivity contribution in [3.8, 4) is 0 Å². The van der Waals surface area contributed by atoms with E-state index in [4.69, 9.17) is 15.5 Å². The van der Waals surface area contributed by atoms with Crippen LogP contribution in [0.15, 0.2) is 12.1 Å². The van der Waals surface area contributed by atoms with E-state index in [1.807, 2.05) is 19.1 Å². The van der Waals surface area contributed by atoms with Gasteiger partial charge in [0.15, 0.2) is 0 Å². The number of carbonyl (C=O) groups excluding carboxylic acids is 1. The predicted octanol–water partition coefficient (Wildman–Crippen LogP) is 3.24. The van der Waals surface area contributed by atoms with Crippen molar-refractivity contribution in [1.29, 1.82) is 0 Å². The van der Waals surface area contributed by atoms with Crippen LogP contribution in [0.2, 0.25) is 0 Å². The maximum Gasteiger partial charge on any atom is 0.224 e. The number of nitrogens with one attached hydrogen (secondary N) is 1. The van der Waals surface area contributed by atoms with Gasteiger partial charge in [-0.25, -0.2) is 4.98 Å². The predicted molar refractivity (Wildman–Crippen MR) is 109 cm³/mol. The summed E-state index contributed by atoms with van der Waals surface area (Å²) in [5.41, 5.74) is 7.62. The van der Waals surface area contributed by atoms with Crippen molar-refractivity contribution in [3.63, 3.8) is 0 Å². The van der Waals surface area contributed by atoms with Gasteiger partial charge in [-0.05, 0) is 70.9 Å². The van der Waals surface area contributed by atoms with Crippen molar-refractivity contribution < 1.29 is 9.53 Å². The third-order valence-corrected chi connectivity index (χ3v) is 5.76. The van der Waals surface area contributed by atoms with Crippen LogP contribution in [0.4, 0.5) is 11.5 Å². The molecule has 150 valence electrons. The minimum Gasteiger partial charge on any atom is -0.372 e. The molecule has 1 amide bonds. The molecule has 6 heteroatoms. The van der Waals surface area contributed by atoms with Gasteiger partial charge in [0.05, 0.1) is 23.6 Å². The Hall–Kier alpha value is -1.66. The van der Waals surface area contributed by atoms with Gasteiger partial charge < -0.3 is 20.7 Å². The Morgan fingerprint density at radius 3 is 2.52 bits per heavy atom. The molecule has 1 saturated carbocycles. The van der Waals surface area contributed by atoms with Gasteiger partial charge in [-0.1, -0.05) is 0 Å². The molecule has 2 aliphatic rings. The smallest absolute Gasteiger partial charge is 0.224 e. The van der Waals surface area contributed by atoms with Crippen molar-refractivity contribution in [3.05, 3.63) is 17.8 Å². The van der Waals surface area contributed by atoms with Crippen molar-refractivity contribution in [1.82, 2.24) is 4.98 Å². The number of hydrogen-bond donors (Lipinski definition) is 2. The SMILES string of the molecule is Cc1nc(N2CC(C)OC(C)C2)ccc1NC(=O)CC[C@H]1CC[C@H](N)CC1. The molecule has 0 aromatic carbocycles. The van der Waals surface area contributed by atoms with E-state index in [0.717, 1.165) is 62.4 Å². The fourth-order valence-corrected chi connectivity index (χ4v) is 4.25. The van der Waals surface area contributed by atoms with Crippen LogP contribution in [0.5, 0.6) is 0 Å². The minimum absolute atomic E-state index is 0.0798. The second-order valence-electron chi connectivity index (χ2n) is 8.33. The number of nitrogens with two attached hydrogens (primary N) is 1. The van der Waals surface area contributed by atoms with Gasteiger partial charge in [0.1, 0.15) is 5.82 Å². The first-order valence-corrected chi connectivity index (χ1v) is 10.3. The number of hydrogen-bond acceptors (Lipinski definition) is 5. The van der Waals surface area contributed by atoms with Crippen LogP contribution >= 0.6 is 0 Å². The molecule has 2 atom stereocenters. The third kappa shape index (κ3) is 5.66. The van der Waals surface area contributed by atoms with Crippen molar-refractivity contribution >= 4 is 17.4 Å². The highest BCUT2D eigenvalue weighted by molar-refractivity contribution is 5.91. The number of rotatable bonds is 5. The molecule has 2 fully saturated rings. The molecule has 6 nitrogen and oxygen atoms in total. The third-order valence-electron chi connectivity index (χ3n) is 5.76. The molecule has 27 heavy (non-hydrogen) atoms. The van der Waals surface area contributed by atoms with E-state index in [1.54, 1.807) is 0 Å². The second kappa shape index (κ2) is 9.02. The number of ether oxygens (including phenoxy) is 1. The molecule has 0 spiro atoms. The lowest BCUT2D eigenvalue weighted by Crippen LogP contribution is -2.45. The molecule has 0 radical (unpaired) electrons. The van der Waals surface area contributed by atoms with Gasteiger partial charge in [-0.15, -0.1) is 0 Å². The van der Waals surface area contributed by atoms with Crippen molar-refractivity contribution in [2.75, 3.05) is 23.3 Å². The lowest BCUT2D eigenvalue weighted by molar-refractivity contribution is -0.116. The van der Waals surface area contributed by atoms with Crippen LogP contribution in [0.1, 0.15) is 58.1 Å². The van der Waals surface area contributed by atoms with Gasteiger partial charge in [0.2, 0.25) is 5.91 Å². The Morgan fingerprint density at radius 1 is 1.22 bits per heavy atom. The summed E-state index contributed by atoms with van der Waals surface area (Å²) in [7, 11) is 0. The molecule has 2 heterocycles. The number of anilines is 2. The van der Waals surface area contributed by atoms with Crippen LogP contribution in [-0.4, -0.2) is 42.2 Å². The zero-order valence-electron chi connectivity index (χ0n) is 16.9. The number of morpholine rings is 1. The first-order valence-electron chi connectivity index (χ1n) is 10.3. The monoisotopic (exact) mass is 374 g/mol. The quantitative estimate of drug-likeness (QED) is 0.827. The number of nitrogens with zero attached hydrogens (tertiary/aromatic N) is 2. The van der Waals surface area contributed by atoms with Crippen molar-refractivity contribution in [2.45, 2.75) is 77.5 Å². The second-order valence-corrected chi connectivity index (χ2v) is 8.33. The van der Waals surface area contributed by atoms with E-state index in [1.165, 1.54) is 0 Å². The molecule has 1 saturated heterocycles. The molecular formula is C21H34N4O2. The molecule has 3 rings (SSSR count). The van der Waals surface area contributed by atoms with Gasteiger partial charge >= 0.3 is 0 Å². The summed E-state index contributed by atoms with van der Waals surface area (Å²) in [5.74, 6) is 1.67. The van der Waals surface area contributed by atoms with E-state index in [0.29, 0.717) is 18.4 Å². The summed E-state index contributed by atoms with van der Waals surface area (Å²) in [4.78, 5) is 19.3. The normalized spacial score (nSPS) is 28.8. The number of aryl methyl sites for hydroxylation is 1. The van der Waals surface area contributed by atoms with Crippen LogP contribution in [0.25, 0.3) is 0 Å². The van der Waals surface area contributed by atoms with Crippen molar-refractivity contribution in [2.24, 2.45) is 11.7 Å². The van der Waals surface area contributed by atoms with Gasteiger partial charge in [0, 0.05) is 25.6 Å². The highest BCUT2D eigenvalue weighted by Crippen LogP contribution is 2.27. The Balaban J connectivity index is 1.52. The van der Waals surface area contributed by atoms with Crippen LogP contribution in [0, 0.1) is 12.8 Å². The summed E-state index contributed by atoms with van der Waals surface area (Å²) in [6.45, 7) is 7.81. The van der Waals surface area contributed by atoms with Gasteiger partial charge in [-0.3, -0.25) is 4.79 Å². The molecular weight excluding hydrogens is 340 g/mol. The summed E-state index contributed by atoms with van der Waals surface area (Å²) in [5, 5.41) is 3.04. The van der Waals surface area contributed by atoms with E-state index in [-0.39, 0.29) is 18.1 Å². The topological polar surface area (TPSA) is 80.5 Å². The van der Waals surface area contributed by atoms with E-state index in [9.17, 15) is 4.79 Å². The van der Waals surface area contributed by atoms with E-state index in [2.05, 4.69) is 24.1 Å². The van der Waals surface area contributed by atoms with E-state index >= 15 is 0 Å². The first kappa shape index (κ1) is 20.1. The van der Waals surface area contributed by atoms with Gasteiger partial charge in [-0.2, -0.15) is 0 Å². The highest BCUT2D eigenvalue weighted by atomic mass is 16.5. The largest absolute Gasteiger partial charge is 0.372 e. The fourth-order valence-electron chi connectivity index (χ4n) is 4.25. The Labute approximate surface area is 162 Å². The Morgan fingerprint density at radius 2 is 1.89 bits per heavy atom. The zero-order chi connectivity index (χ0) is 19.4. The number of pyridine rings is 1. The van der Waals surface area contributed by atoms with Gasteiger partial charge in [0.25, 0.3) is 0 Å². The molecule has 0 bridgehead atoms. The minimum atomic E-state index is 0.0798. The summed E-state index contributed by atoms with van der Waals surface area (Å²) >= 11 is 0. The fraction of sp³-hybridized carbons (Fsp3) is 0.714. The van der Waals surface area contributed by atoms with E-state index < -0.39 is 0 Å². The Kier molecular flexibility index (Phi) is 6.71. The average Bonchev–Trinajstić information content (AvgIpc) is 2.62.